The Morgan fingerprint density at radius 2 is 1.71 bits per heavy atom. The highest BCUT2D eigenvalue weighted by atomic mass is 35.5. The third-order valence-electron chi connectivity index (χ3n) is 6.87. The molecule has 2 unspecified atom stereocenters. The Morgan fingerprint density at radius 1 is 1.00 bits per heavy atom. The summed E-state index contributed by atoms with van der Waals surface area (Å²) in [4.78, 5) is 17.5. The van der Waals surface area contributed by atoms with Gasteiger partial charge in [0.05, 0.1) is 74.9 Å². The maximum absolute atomic E-state index is 13.4. The molecule has 0 aromatic heterocycles. The summed E-state index contributed by atoms with van der Waals surface area (Å²) in [6.07, 6.45) is 1.25. The Balaban J connectivity index is 1.55. The van der Waals surface area contributed by atoms with Crippen molar-refractivity contribution in [3.05, 3.63) is 63.6 Å². The first-order chi connectivity index (χ1) is 19.9. The topological polar surface area (TPSA) is 89.9 Å². The van der Waals surface area contributed by atoms with Crippen LogP contribution in [-0.2, 0) is 30.2 Å². The van der Waals surface area contributed by atoms with Gasteiger partial charge in [-0.1, -0.05) is 41.4 Å². The lowest BCUT2D eigenvalue weighted by atomic mass is 10.0. The van der Waals surface area contributed by atoms with Gasteiger partial charge in [0.15, 0.2) is 0 Å². The van der Waals surface area contributed by atoms with Crippen LogP contribution in [0, 0.1) is 0 Å². The number of likely N-dealkylation sites (tertiary alicyclic amines) is 1. The lowest BCUT2D eigenvalue weighted by Crippen LogP contribution is -2.39. The molecule has 0 aliphatic carbocycles. The van der Waals surface area contributed by atoms with Crippen molar-refractivity contribution in [2.45, 2.75) is 25.0 Å². The van der Waals surface area contributed by atoms with Crippen LogP contribution in [0.4, 0.5) is 0 Å². The van der Waals surface area contributed by atoms with Gasteiger partial charge in [0, 0.05) is 33.8 Å². The number of carbonyl (C=O) groups is 1. The molecule has 1 aliphatic rings. The van der Waals surface area contributed by atoms with Crippen molar-refractivity contribution >= 4 is 29.1 Å². The molecule has 1 amide bonds. The molecule has 41 heavy (non-hydrogen) atoms. The van der Waals surface area contributed by atoms with Crippen LogP contribution in [0.3, 0.4) is 0 Å². The van der Waals surface area contributed by atoms with Gasteiger partial charge in [-0.2, -0.15) is 0 Å². The normalized spacial score (nSPS) is 16.2. The minimum Gasteiger partial charge on any atom is -0.491 e. The molecule has 1 fully saturated rings. The van der Waals surface area contributed by atoms with Crippen molar-refractivity contribution in [2.75, 3.05) is 86.6 Å². The van der Waals surface area contributed by atoms with Crippen molar-refractivity contribution in [3.63, 3.8) is 0 Å². The van der Waals surface area contributed by atoms with Crippen LogP contribution < -0.4 is 4.74 Å². The van der Waals surface area contributed by atoms with E-state index in [1.54, 1.807) is 24.1 Å². The summed E-state index contributed by atoms with van der Waals surface area (Å²) in [5.74, 6) is 0.647. The van der Waals surface area contributed by atoms with Gasteiger partial charge in [-0.15, -0.1) is 0 Å². The third kappa shape index (κ3) is 11.7. The molecule has 11 heteroatoms. The number of carbonyl (C=O) groups excluding carboxylic acids is 1. The molecule has 0 radical (unpaired) electrons. The predicted molar refractivity (Wildman–Crippen MR) is 159 cm³/mol. The zero-order valence-electron chi connectivity index (χ0n) is 23.9. The summed E-state index contributed by atoms with van der Waals surface area (Å²) < 4.78 is 27.5. The fourth-order valence-corrected chi connectivity index (χ4v) is 4.93. The Kier molecular flexibility index (Phi) is 15.2. The molecule has 228 valence electrons. The molecule has 1 aliphatic heterocycles. The van der Waals surface area contributed by atoms with Gasteiger partial charge in [0.1, 0.15) is 12.4 Å². The standard InChI is InChI=1S/C30H42Cl2N2O7/c1-33(30(36)20-23-3-8-27(31)28(32)19-23)29(24-4-6-25(7-5-24)40-12-11-35)22-34-10-9-26(21-34)41-18-17-39-16-15-38-14-13-37-2/h3-8,19,26,29,35H,9-18,20-22H2,1-2H3. The number of benzene rings is 2. The van der Waals surface area contributed by atoms with E-state index in [1.807, 2.05) is 37.4 Å². The van der Waals surface area contributed by atoms with Crippen molar-refractivity contribution in [1.82, 2.24) is 9.80 Å². The van der Waals surface area contributed by atoms with E-state index in [9.17, 15) is 4.79 Å². The molecule has 0 saturated carbocycles. The van der Waals surface area contributed by atoms with Crippen LogP contribution in [0.1, 0.15) is 23.6 Å². The summed E-state index contributed by atoms with van der Waals surface area (Å²) in [5, 5.41) is 9.94. The molecule has 1 N–H and O–H groups in total. The SMILES string of the molecule is COCCOCCOCCOC1CCN(CC(c2ccc(OCCO)cc2)N(C)C(=O)Cc2ccc(Cl)c(Cl)c2)C1. The van der Waals surface area contributed by atoms with Crippen molar-refractivity contribution < 1.29 is 33.6 Å². The van der Waals surface area contributed by atoms with Crippen LogP contribution in [0.25, 0.3) is 0 Å². The van der Waals surface area contributed by atoms with E-state index >= 15 is 0 Å². The smallest absolute Gasteiger partial charge is 0.227 e. The molecule has 2 aromatic carbocycles. The number of ether oxygens (including phenoxy) is 5. The number of likely N-dealkylation sites (N-methyl/N-ethyl adjacent to an activating group) is 1. The van der Waals surface area contributed by atoms with Crippen molar-refractivity contribution in [3.8, 4) is 5.75 Å². The lowest BCUT2D eigenvalue weighted by molar-refractivity contribution is -0.131. The second-order valence-electron chi connectivity index (χ2n) is 9.85. The molecule has 3 rings (SSSR count). The monoisotopic (exact) mass is 612 g/mol. The number of nitrogens with zero attached hydrogens (tertiary/aromatic N) is 2. The summed E-state index contributed by atoms with van der Waals surface area (Å²) in [6, 6.07) is 12.8. The fraction of sp³-hybridized carbons (Fsp3) is 0.567. The Labute approximate surface area is 253 Å². The third-order valence-corrected chi connectivity index (χ3v) is 7.61. The van der Waals surface area contributed by atoms with Crippen molar-refractivity contribution in [1.29, 1.82) is 0 Å². The maximum Gasteiger partial charge on any atom is 0.227 e. The Bertz CT molecular complexity index is 1040. The van der Waals surface area contributed by atoms with Gasteiger partial charge in [0.25, 0.3) is 0 Å². The van der Waals surface area contributed by atoms with Gasteiger partial charge < -0.3 is 33.7 Å². The summed E-state index contributed by atoms with van der Waals surface area (Å²) in [5.41, 5.74) is 1.80. The van der Waals surface area contributed by atoms with E-state index in [0.29, 0.717) is 62.0 Å². The lowest BCUT2D eigenvalue weighted by Gasteiger charge is -2.32. The first-order valence-corrected chi connectivity index (χ1v) is 14.7. The molecule has 1 saturated heterocycles. The highest BCUT2D eigenvalue weighted by Gasteiger charge is 2.29. The van der Waals surface area contributed by atoms with E-state index in [4.69, 9.17) is 52.0 Å². The van der Waals surface area contributed by atoms with Crippen molar-refractivity contribution in [2.24, 2.45) is 0 Å². The average molecular weight is 614 g/mol. The van der Waals surface area contributed by atoms with E-state index in [2.05, 4.69) is 4.90 Å². The van der Waals surface area contributed by atoms with E-state index in [-0.39, 0.29) is 37.7 Å². The van der Waals surface area contributed by atoms with Gasteiger partial charge in [0.2, 0.25) is 5.91 Å². The predicted octanol–water partition coefficient (Wildman–Crippen LogP) is 3.88. The number of rotatable bonds is 19. The Hall–Kier alpha value is -1.95. The zero-order valence-corrected chi connectivity index (χ0v) is 25.4. The van der Waals surface area contributed by atoms with E-state index in [0.717, 1.165) is 30.6 Å². The van der Waals surface area contributed by atoms with Crippen LogP contribution in [0.15, 0.2) is 42.5 Å². The molecule has 9 nitrogen and oxygen atoms in total. The molecule has 0 bridgehead atoms. The number of methoxy groups -OCH3 is 1. The van der Waals surface area contributed by atoms with Gasteiger partial charge in [-0.25, -0.2) is 0 Å². The first-order valence-electron chi connectivity index (χ1n) is 13.9. The first kappa shape index (κ1) is 33.6. The molecule has 0 spiro atoms. The van der Waals surface area contributed by atoms with Crippen LogP contribution in [0.2, 0.25) is 10.0 Å². The second-order valence-corrected chi connectivity index (χ2v) is 10.7. The number of halogens is 2. The number of aliphatic hydroxyl groups is 1. The Morgan fingerprint density at radius 3 is 2.39 bits per heavy atom. The molecule has 1 heterocycles. The van der Waals surface area contributed by atoms with Crippen LogP contribution >= 0.6 is 23.2 Å². The minimum atomic E-state index is -0.183. The quantitative estimate of drug-likeness (QED) is 0.239. The number of aliphatic hydroxyl groups excluding tert-OH is 1. The van der Waals surface area contributed by atoms with E-state index in [1.165, 1.54) is 0 Å². The fourth-order valence-electron chi connectivity index (χ4n) is 4.61. The van der Waals surface area contributed by atoms with Gasteiger partial charge in [-0.05, 0) is 41.8 Å². The van der Waals surface area contributed by atoms with E-state index < -0.39 is 0 Å². The van der Waals surface area contributed by atoms with Gasteiger partial charge >= 0.3 is 0 Å². The molecule has 2 atom stereocenters. The molecular weight excluding hydrogens is 571 g/mol. The molecule has 2 aromatic rings. The summed E-state index contributed by atoms with van der Waals surface area (Å²) in [7, 11) is 3.48. The van der Waals surface area contributed by atoms with Crippen LogP contribution in [0.5, 0.6) is 5.75 Å². The van der Waals surface area contributed by atoms with Crippen LogP contribution in [-0.4, -0.2) is 114 Å². The highest BCUT2D eigenvalue weighted by Crippen LogP contribution is 2.27. The summed E-state index contributed by atoms with van der Waals surface area (Å²) >= 11 is 12.2. The highest BCUT2D eigenvalue weighted by molar-refractivity contribution is 6.42. The van der Waals surface area contributed by atoms with Gasteiger partial charge in [-0.3, -0.25) is 9.69 Å². The maximum atomic E-state index is 13.4. The second kappa shape index (κ2) is 18.6. The zero-order chi connectivity index (χ0) is 29.5. The average Bonchev–Trinajstić information content (AvgIpc) is 3.43. The number of hydrogen-bond acceptors (Lipinski definition) is 8. The number of amides is 1. The minimum absolute atomic E-state index is 0.0238. The summed E-state index contributed by atoms with van der Waals surface area (Å²) in [6.45, 7) is 5.74. The molecular formula is C30H42Cl2N2O7. The largest absolute Gasteiger partial charge is 0.491 e. The number of hydrogen-bond donors (Lipinski definition) is 1.